The summed E-state index contributed by atoms with van der Waals surface area (Å²) in [6.07, 6.45) is 1.30. The molecule has 0 aliphatic carbocycles. The molecule has 1 aliphatic rings. The SMILES string of the molecule is COc1ccc(C2CC(=O)Nc3nc[nH]c(=O)c32)c(O)c1. The van der Waals surface area contributed by atoms with Crippen molar-refractivity contribution in [2.75, 3.05) is 12.4 Å². The summed E-state index contributed by atoms with van der Waals surface area (Å²) in [6.45, 7) is 0. The van der Waals surface area contributed by atoms with Crippen molar-refractivity contribution in [3.05, 3.63) is 46.0 Å². The topological polar surface area (TPSA) is 104 Å². The van der Waals surface area contributed by atoms with E-state index in [-0.39, 0.29) is 29.5 Å². The number of anilines is 1. The molecule has 0 saturated heterocycles. The van der Waals surface area contributed by atoms with Crippen LogP contribution < -0.4 is 15.6 Å². The molecular formula is C14H13N3O4. The van der Waals surface area contributed by atoms with Gasteiger partial charge in [-0.05, 0) is 6.07 Å². The minimum absolute atomic E-state index is 0.0248. The number of aromatic amines is 1. The number of phenols is 1. The Morgan fingerprint density at radius 3 is 2.90 bits per heavy atom. The van der Waals surface area contributed by atoms with Crippen molar-refractivity contribution in [1.82, 2.24) is 9.97 Å². The summed E-state index contributed by atoms with van der Waals surface area (Å²) in [7, 11) is 1.49. The summed E-state index contributed by atoms with van der Waals surface area (Å²) in [6, 6.07) is 4.77. The quantitative estimate of drug-likeness (QED) is 0.763. The molecule has 21 heavy (non-hydrogen) atoms. The number of aromatic hydroxyl groups is 1. The molecule has 1 aliphatic heterocycles. The highest BCUT2D eigenvalue weighted by molar-refractivity contribution is 5.94. The van der Waals surface area contributed by atoms with Crippen molar-refractivity contribution < 1.29 is 14.6 Å². The number of rotatable bonds is 2. The molecule has 0 bridgehead atoms. The van der Waals surface area contributed by atoms with E-state index in [1.54, 1.807) is 12.1 Å². The van der Waals surface area contributed by atoms with E-state index in [9.17, 15) is 14.7 Å². The van der Waals surface area contributed by atoms with Gasteiger partial charge in [-0.25, -0.2) is 4.98 Å². The smallest absolute Gasteiger partial charge is 0.256 e. The van der Waals surface area contributed by atoms with Gasteiger partial charge in [-0.1, -0.05) is 6.07 Å². The average Bonchev–Trinajstić information content (AvgIpc) is 2.46. The molecule has 0 saturated carbocycles. The third-order valence-corrected chi connectivity index (χ3v) is 3.50. The van der Waals surface area contributed by atoms with Crippen LogP contribution in [0, 0.1) is 0 Å². The van der Waals surface area contributed by atoms with Gasteiger partial charge in [0.25, 0.3) is 5.56 Å². The number of benzene rings is 1. The van der Waals surface area contributed by atoms with Crippen LogP contribution in [0.3, 0.4) is 0 Å². The van der Waals surface area contributed by atoms with Gasteiger partial charge in [0.1, 0.15) is 17.3 Å². The molecule has 1 aromatic carbocycles. The molecular weight excluding hydrogens is 274 g/mol. The van der Waals surface area contributed by atoms with E-state index < -0.39 is 5.92 Å². The van der Waals surface area contributed by atoms with Gasteiger partial charge in [0.2, 0.25) is 5.91 Å². The number of fused-ring (bicyclic) bond motifs is 1. The van der Waals surface area contributed by atoms with E-state index >= 15 is 0 Å². The molecule has 0 radical (unpaired) electrons. The molecule has 2 aromatic rings. The fraction of sp³-hybridized carbons (Fsp3) is 0.214. The molecule has 108 valence electrons. The molecule has 3 rings (SSSR count). The van der Waals surface area contributed by atoms with Gasteiger partial charge >= 0.3 is 0 Å². The van der Waals surface area contributed by atoms with Gasteiger partial charge in [-0.15, -0.1) is 0 Å². The zero-order valence-corrected chi connectivity index (χ0v) is 11.2. The van der Waals surface area contributed by atoms with Crippen LogP contribution >= 0.6 is 0 Å². The zero-order valence-electron chi connectivity index (χ0n) is 11.2. The van der Waals surface area contributed by atoms with Gasteiger partial charge in [0.15, 0.2) is 0 Å². The van der Waals surface area contributed by atoms with Crippen molar-refractivity contribution in [2.24, 2.45) is 0 Å². The predicted molar refractivity (Wildman–Crippen MR) is 74.6 cm³/mol. The van der Waals surface area contributed by atoms with Gasteiger partial charge in [0, 0.05) is 24.0 Å². The number of carbonyl (C=O) groups excluding carboxylic acids is 1. The minimum Gasteiger partial charge on any atom is -0.508 e. The second-order valence-corrected chi connectivity index (χ2v) is 4.72. The van der Waals surface area contributed by atoms with Crippen LogP contribution in [0.4, 0.5) is 5.82 Å². The number of carbonyl (C=O) groups is 1. The number of hydrogen-bond donors (Lipinski definition) is 3. The molecule has 1 amide bonds. The van der Waals surface area contributed by atoms with Crippen LogP contribution in [-0.4, -0.2) is 28.1 Å². The highest BCUT2D eigenvalue weighted by Crippen LogP contribution is 2.38. The maximum atomic E-state index is 12.0. The Kier molecular flexibility index (Phi) is 3.09. The second-order valence-electron chi connectivity index (χ2n) is 4.72. The standard InChI is InChI=1S/C14H13N3O4/c1-21-7-2-3-8(10(18)4-7)9-5-11(19)17-13-12(9)14(20)16-6-15-13/h2-4,6,9,18H,5H2,1H3,(H2,15,16,17,19,20). The fourth-order valence-electron chi connectivity index (χ4n) is 2.51. The normalized spacial score (nSPS) is 17.0. The largest absolute Gasteiger partial charge is 0.508 e. The molecule has 7 nitrogen and oxygen atoms in total. The summed E-state index contributed by atoms with van der Waals surface area (Å²) in [5.74, 6) is -0.0896. The number of aromatic nitrogens is 2. The Morgan fingerprint density at radius 2 is 2.19 bits per heavy atom. The lowest BCUT2D eigenvalue weighted by molar-refractivity contribution is -0.116. The molecule has 1 atom stereocenters. The van der Waals surface area contributed by atoms with Crippen molar-refractivity contribution in [3.8, 4) is 11.5 Å². The van der Waals surface area contributed by atoms with Gasteiger partial charge in [0.05, 0.1) is 19.0 Å². The molecule has 0 spiro atoms. The third kappa shape index (κ3) is 2.22. The Labute approximate surface area is 119 Å². The lowest BCUT2D eigenvalue weighted by atomic mass is 9.86. The van der Waals surface area contributed by atoms with Crippen molar-refractivity contribution in [1.29, 1.82) is 0 Å². The van der Waals surface area contributed by atoms with Crippen LogP contribution in [-0.2, 0) is 4.79 Å². The van der Waals surface area contributed by atoms with Gasteiger partial charge in [-0.2, -0.15) is 0 Å². The van der Waals surface area contributed by atoms with E-state index in [2.05, 4.69) is 15.3 Å². The van der Waals surface area contributed by atoms with Crippen molar-refractivity contribution in [3.63, 3.8) is 0 Å². The Balaban J connectivity index is 2.16. The molecule has 3 N–H and O–H groups in total. The first kappa shape index (κ1) is 13.2. The van der Waals surface area contributed by atoms with E-state index in [0.29, 0.717) is 16.9 Å². The highest BCUT2D eigenvalue weighted by Gasteiger charge is 2.31. The monoisotopic (exact) mass is 287 g/mol. The summed E-state index contributed by atoms with van der Waals surface area (Å²) in [5, 5.41) is 12.7. The van der Waals surface area contributed by atoms with Crippen molar-refractivity contribution in [2.45, 2.75) is 12.3 Å². The lowest BCUT2D eigenvalue weighted by Crippen LogP contribution is -2.30. The number of H-pyrrole nitrogens is 1. The number of hydrogen-bond acceptors (Lipinski definition) is 5. The predicted octanol–water partition coefficient (Wildman–Crippen LogP) is 0.958. The van der Waals surface area contributed by atoms with E-state index in [4.69, 9.17) is 4.74 Å². The zero-order chi connectivity index (χ0) is 15.0. The first-order chi connectivity index (χ1) is 10.1. The average molecular weight is 287 g/mol. The maximum Gasteiger partial charge on any atom is 0.256 e. The highest BCUT2D eigenvalue weighted by atomic mass is 16.5. The summed E-state index contributed by atoms with van der Waals surface area (Å²) in [5.41, 5.74) is 0.503. The number of nitrogens with one attached hydrogen (secondary N) is 2. The Hall–Kier alpha value is -2.83. The third-order valence-electron chi connectivity index (χ3n) is 3.50. The minimum atomic E-state index is -0.544. The fourth-order valence-corrected chi connectivity index (χ4v) is 2.51. The number of methoxy groups -OCH3 is 1. The Bertz CT molecular complexity index is 769. The van der Waals surface area contributed by atoms with E-state index in [1.807, 2.05) is 0 Å². The number of phenolic OH excluding ortho intramolecular Hbond substituents is 1. The van der Waals surface area contributed by atoms with Crippen LogP contribution in [0.2, 0.25) is 0 Å². The first-order valence-electron chi connectivity index (χ1n) is 6.34. The first-order valence-corrected chi connectivity index (χ1v) is 6.34. The van der Waals surface area contributed by atoms with Crippen LogP contribution in [0.1, 0.15) is 23.5 Å². The Morgan fingerprint density at radius 1 is 1.38 bits per heavy atom. The molecule has 1 unspecified atom stereocenters. The number of nitrogens with zero attached hydrogens (tertiary/aromatic N) is 1. The number of ether oxygens (including phenoxy) is 1. The molecule has 0 fully saturated rings. The van der Waals surface area contributed by atoms with E-state index in [1.165, 1.54) is 19.5 Å². The van der Waals surface area contributed by atoms with Crippen LogP contribution in [0.5, 0.6) is 11.5 Å². The van der Waals surface area contributed by atoms with Gasteiger partial charge < -0.3 is 20.1 Å². The number of amides is 1. The van der Waals surface area contributed by atoms with Gasteiger partial charge in [-0.3, -0.25) is 9.59 Å². The summed E-state index contributed by atoms with van der Waals surface area (Å²) in [4.78, 5) is 30.3. The maximum absolute atomic E-state index is 12.0. The van der Waals surface area contributed by atoms with Crippen LogP contribution in [0.15, 0.2) is 29.3 Å². The van der Waals surface area contributed by atoms with Crippen molar-refractivity contribution >= 4 is 11.7 Å². The molecule has 7 heteroatoms. The van der Waals surface area contributed by atoms with Crippen LogP contribution in [0.25, 0.3) is 0 Å². The van der Waals surface area contributed by atoms with E-state index in [0.717, 1.165) is 0 Å². The molecule has 2 heterocycles. The summed E-state index contributed by atoms with van der Waals surface area (Å²) >= 11 is 0. The summed E-state index contributed by atoms with van der Waals surface area (Å²) < 4.78 is 5.03. The second kappa shape index (κ2) is 4.93. The molecule has 1 aromatic heterocycles. The lowest BCUT2D eigenvalue weighted by Gasteiger charge is -2.24.